The molecular formula is C8H7ClN2O2. The second kappa shape index (κ2) is 2.60. The fourth-order valence-electron chi connectivity index (χ4n) is 1.34. The van der Waals surface area contributed by atoms with Crippen LogP contribution in [0.3, 0.4) is 0 Å². The van der Waals surface area contributed by atoms with Crippen LogP contribution in [0, 0.1) is 6.92 Å². The lowest BCUT2D eigenvalue weighted by Crippen LogP contribution is -2.05. The molecule has 68 valence electrons. The quantitative estimate of drug-likeness (QED) is 0.741. The van der Waals surface area contributed by atoms with Crippen LogP contribution in [-0.2, 0) is 11.3 Å². The molecule has 0 spiro atoms. The Kier molecular flexibility index (Phi) is 1.66. The van der Waals surface area contributed by atoms with Crippen molar-refractivity contribution < 1.29 is 9.90 Å². The minimum absolute atomic E-state index is 0.349. The predicted octanol–water partition coefficient (Wildman–Crippen LogP) is 1.33. The van der Waals surface area contributed by atoms with Crippen molar-refractivity contribution in [1.82, 2.24) is 9.55 Å². The Bertz CT molecular complexity index is 420. The van der Waals surface area contributed by atoms with Gasteiger partial charge in [0.05, 0.1) is 17.8 Å². The summed E-state index contributed by atoms with van der Waals surface area (Å²) in [6.07, 6.45) is 1.54. The molecule has 0 aliphatic carbocycles. The molecule has 1 aromatic heterocycles. The van der Waals surface area contributed by atoms with Crippen molar-refractivity contribution in [2.45, 2.75) is 13.5 Å². The van der Waals surface area contributed by atoms with E-state index in [2.05, 4.69) is 4.98 Å². The number of carbonyl (C=O) groups is 1. The summed E-state index contributed by atoms with van der Waals surface area (Å²) in [5, 5.41) is 9.16. The minimum atomic E-state index is -0.902. The smallest absolute Gasteiger partial charge is 0.333 e. The molecule has 13 heavy (non-hydrogen) atoms. The third-order valence-electron chi connectivity index (χ3n) is 2.10. The number of halogens is 1. The van der Waals surface area contributed by atoms with Gasteiger partial charge in [-0.25, -0.2) is 9.78 Å². The lowest BCUT2D eigenvalue weighted by molar-refractivity contribution is -0.132. The fraction of sp³-hybridized carbons (Fsp3) is 0.250. The van der Waals surface area contributed by atoms with Gasteiger partial charge in [0.25, 0.3) is 0 Å². The molecule has 1 aliphatic rings. The van der Waals surface area contributed by atoms with Crippen LogP contribution in [0.25, 0.3) is 6.08 Å². The highest BCUT2D eigenvalue weighted by Gasteiger charge is 2.21. The van der Waals surface area contributed by atoms with Crippen LogP contribution in [0.2, 0.25) is 5.15 Å². The minimum Gasteiger partial charge on any atom is -0.478 e. The molecule has 0 radical (unpaired) electrons. The van der Waals surface area contributed by atoms with E-state index in [1.54, 1.807) is 10.6 Å². The van der Waals surface area contributed by atoms with Crippen molar-refractivity contribution >= 4 is 23.6 Å². The Labute approximate surface area is 79.5 Å². The van der Waals surface area contributed by atoms with Gasteiger partial charge in [-0.3, -0.25) is 0 Å². The number of hydrogen-bond donors (Lipinski definition) is 1. The molecular weight excluding hydrogens is 192 g/mol. The Morgan fingerprint density at radius 1 is 1.77 bits per heavy atom. The van der Waals surface area contributed by atoms with Crippen molar-refractivity contribution in [1.29, 1.82) is 0 Å². The van der Waals surface area contributed by atoms with Gasteiger partial charge in [0.2, 0.25) is 0 Å². The maximum absolute atomic E-state index is 10.6. The number of aliphatic carboxylic acids is 1. The summed E-state index contributed by atoms with van der Waals surface area (Å²) >= 11 is 5.77. The number of aromatic nitrogens is 2. The van der Waals surface area contributed by atoms with Gasteiger partial charge in [-0.05, 0) is 13.0 Å². The first kappa shape index (κ1) is 8.31. The van der Waals surface area contributed by atoms with E-state index in [9.17, 15) is 4.79 Å². The van der Waals surface area contributed by atoms with Crippen LogP contribution in [-0.4, -0.2) is 20.6 Å². The molecule has 1 N–H and O–H groups in total. The maximum atomic E-state index is 10.6. The molecule has 2 heterocycles. The van der Waals surface area contributed by atoms with Crippen molar-refractivity contribution in [3.8, 4) is 0 Å². The Balaban J connectivity index is 2.46. The fourth-order valence-corrected chi connectivity index (χ4v) is 1.52. The zero-order valence-electron chi connectivity index (χ0n) is 6.91. The third-order valence-corrected chi connectivity index (χ3v) is 2.46. The van der Waals surface area contributed by atoms with Gasteiger partial charge in [0.1, 0.15) is 5.82 Å². The first-order valence-electron chi connectivity index (χ1n) is 3.76. The van der Waals surface area contributed by atoms with E-state index in [4.69, 9.17) is 16.7 Å². The predicted molar refractivity (Wildman–Crippen MR) is 47.6 cm³/mol. The zero-order chi connectivity index (χ0) is 9.59. The van der Waals surface area contributed by atoms with Crippen molar-refractivity contribution in [2.24, 2.45) is 0 Å². The summed E-state index contributed by atoms with van der Waals surface area (Å²) in [5.41, 5.74) is 1.16. The first-order chi connectivity index (χ1) is 6.09. The molecule has 0 amide bonds. The van der Waals surface area contributed by atoms with E-state index >= 15 is 0 Å². The van der Waals surface area contributed by atoms with Gasteiger partial charge in [-0.2, -0.15) is 0 Å². The van der Waals surface area contributed by atoms with Gasteiger partial charge >= 0.3 is 5.97 Å². The van der Waals surface area contributed by atoms with Crippen LogP contribution >= 0.6 is 11.6 Å². The third kappa shape index (κ3) is 1.14. The summed E-state index contributed by atoms with van der Waals surface area (Å²) in [7, 11) is 0. The molecule has 1 aliphatic heterocycles. The molecule has 0 unspecified atom stereocenters. The monoisotopic (exact) mass is 198 g/mol. The molecule has 5 heteroatoms. The average Bonchev–Trinajstić information content (AvgIpc) is 2.55. The van der Waals surface area contributed by atoms with E-state index in [-0.39, 0.29) is 0 Å². The lowest BCUT2D eigenvalue weighted by atomic mass is 10.3. The molecule has 0 saturated carbocycles. The van der Waals surface area contributed by atoms with Crippen LogP contribution < -0.4 is 0 Å². The molecule has 0 fully saturated rings. The summed E-state index contributed by atoms with van der Waals surface area (Å²) < 4.78 is 1.78. The van der Waals surface area contributed by atoms with E-state index in [0.717, 1.165) is 5.69 Å². The van der Waals surface area contributed by atoms with Crippen LogP contribution in [0.15, 0.2) is 5.57 Å². The van der Waals surface area contributed by atoms with Gasteiger partial charge in [-0.1, -0.05) is 11.6 Å². The molecule has 0 aromatic carbocycles. The Hall–Kier alpha value is -1.29. The number of nitrogens with zero attached hydrogens (tertiary/aromatic N) is 2. The molecule has 0 atom stereocenters. The van der Waals surface area contributed by atoms with Crippen molar-refractivity contribution in [3.63, 3.8) is 0 Å². The SMILES string of the molecule is Cc1c(Cl)nc2n1CC(C(=O)O)=C2. The second-order valence-electron chi connectivity index (χ2n) is 2.91. The van der Waals surface area contributed by atoms with Gasteiger partial charge in [-0.15, -0.1) is 0 Å². The molecule has 2 rings (SSSR count). The van der Waals surface area contributed by atoms with Gasteiger partial charge < -0.3 is 9.67 Å². The van der Waals surface area contributed by atoms with Crippen molar-refractivity contribution in [2.75, 3.05) is 0 Å². The van der Waals surface area contributed by atoms with Gasteiger partial charge in [0, 0.05) is 0 Å². The van der Waals surface area contributed by atoms with Gasteiger partial charge in [0.15, 0.2) is 5.15 Å². The number of carboxylic acids is 1. The topological polar surface area (TPSA) is 55.1 Å². The Morgan fingerprint density at radius 2 is 2.46 bits per heavy atom. The summed E-state index contributed by atoms with van der Waals surface area (Å²) in [6, 6.07) is 0. The average molecular weight is 199 g/mol. The number of carboxylic acid groups (broad SMARTS) is 1. The number of hydrogen-bond acceptors (Lipinski definition) is 2. The molecule has 1 aromatic rings. The highest BCUT2D eigenvalue weighted by Crippen LogP contribution is 2.24. The standard InChI is InChI=1S/C8H7ClN2O2/c1-4-7(9)10-6-2-5(8(12)13)3-11(4)6/h2H,3H2,1H3,(H,12,13). The maximum Gasteiger partial charge on any atom is 0.333 e. The molecule has 4 nitrogen and oxygen atoms in total. The first-order valence-corrected chi connectivity index (χ1v) is 4.14. The number of rotatable bonds is 1. The van der Waals surface area contributed by atoms with Crippen LogP contribution in [0.4, 0.5) is 0 Å². The lowest BCUT2D eigenvalue weighted by Gasteiger charge is -1.99. The van der Waals surface area contributed by atoms with Crippen LogP contribution in [0.1, 0.15) is 11.5 Å². The largest absolute Gasteiger partial charge is 0.478 e. The van der Waals surface area contributed by atoms with E-state index in [1.807, 2.05) is 6.92 Å². The number of imidazole rings is 1. The summed E-state index contributed by atoms with van der Waals surface area (Å²) in [5.74, 6) is -0.277. The van der Waals surface area contributed by atoms with E-state index in [1.165, 1.54) is 0 Å². The molecule has 0 saturated heterocycles. The summed E-state index contributed by atoms with van der Waals surface area (Å²) in [6.45, 7) is 2.17. The van der Waals surface area contributed by atoms with E-state index < -0.39 is 5.97 Å². The van der Waals surface area contributed by atoms with Crippen LogP contribution in [0.5, 0.6) is 0 Å². The highest BCUT2D eigenvalue weighted by molar-refractivity contribution is 6.30. The number of fused-ring (bicyclic) bond motifs is 1. The van der Waals surface area contributed by atoms with E-state index in [0.29, 0.717) is 23.1 Å². The summed E-state index contributed by atoms with van der Waals surface area (Å²) in [4.78, 5) is 14.6. The second-order valence-corrected chi connectivity index (χ2v) is 3.27. The zero-order valence-corrected chi connectivity index (χ0v) is 7.67. The Morgan fingerprint density at radius 3 is 3.00 bits per heavy atom. The van der Waals surface area contributed by atoms with Crippen molar-refractivity contribution in [3.05, 3.63) is 22.2 Å². The molecule has 0 bridgehead atoms. The normalized spacial score (nSPS) is 14.2. The highest BCUT2D eigenvalue weighted by atomic mass is 35.5.